The summed E-state index contributed by atoms with van der Waals surface area (Å²) in [5, 5.41) is 3.05. The maximum absolute atomic E-state index is 12.5. The summed E-state index contributed by atoms with van der Waals surface area (Å²) in [4.78, 5) is 12.5. The van der Waals surface area contributed by atoms with E-state index in [2.05, 4.69) is 17.4 Å². The van der Waals surface area contributed by atoms with Gasteiger partial charge in [-0.05, 0) is 57.4 Å². The molecule has 0 aliphatic rings. The third-order valence-electron chi connectivity index (χ3n) is 3.89. The van der Waals surface area contributed by atoms with Crippen LogP contribution in [-0.4, -0.2) is 25.2 Å². The van der Waals surface area contributed by atoms with Crippen LogP contribution in [-0.2, 0) is 6.42 Å². The van der Waals surface area contributed by atoms with Gasteiger partial charge in [-0.25, -0.2) is 0 Å². The van der Waals surface area contributed by atoms with Crippen LogP contribution in [0.1, 0.15) is 43.1 Å². The molecule has 4 heteroatoms. The van der Waals surface area contributed by atoms with Crippen molar-refractivity contribution in [3.05, 3.63) is 59.7 Å². The van der Waals surface area contributed by atoms with Crippen molar-refractivity contribution in [3.63, 3.8) is 0 Å². The molecular formula is C21H27NO3. The van der Waals surface area contributed by atoms with Gasteiger partial charge in [0.05, 0.1) is 13.2 Å². The van der Waals surface area contributed by atoms with Gasteiger partial charge in [-0.3, -0.25) is 4.79 Å². The van der Waals surface area contributed by atoms with Gasteiger partial charge >= 0.3 is 0 Å². The first-order valence-electron chi connectivity index (χ1n) is 8.88. The van der Waals surface area contributed by atoms with Crippen LogP contribution < -0.4 is 14.8 Å². The van der Waals surface area contributed by atoms with Gasteiger partial charge in [0.1, 0.15) is 0 Å². The van der Waals surface area contributed by atoms with Crippen molar-refractivity contribution in [2.24, 2.45) is 0 Å². The van der Waals surface area contributed by atoms with Crippen molar-refractivity contribution in [1.82, 2.24) is 5.32 Å². The molecule has 134 valence electrons. The molecule has 1 N–H and O–H groups in total. The molecule has 2 rings (SSSR count). The van der Waals surface area contributed by atoms with Crippen LogP contribution >= 0.6 is 0 Å². The zero-order valence-corrected chi connectivity index (χ0v) is 15.2. The number of hydrogen-bond acceptors (Lipinski definition) is 3. The first-order valence-corrected chi connectivity index (χ1v) is 8.88. The Morgan fingerprint density at radius 3 is 2.36 bits per heavy atom. The molecule has 0 spiro atoms. The molecule has 0 radical (unpaired) electrons. The predicted molar refractivity (Wildman–Crippen MR) is 100 cm³/mol. The van der Waals surface area contributed by atoms with Crippen LogP contribution in [0.5, 0.6) is 11.5 Å². The third-order valence-corrected chi connectivity index (χ3v) is 3.89. The van der Waals surface area contributed by atoms with Crippen LogP contribution in [0.15, 0.2) is 48.5 Å². The van der Waals surface area contributed by atoms with E-state index >= 15 is 0 Å². The Bertz CT molecular complexity index is 670. The minimum absolute atomic E-state index is 0.0924. The minimum Gasteiger partial charge on any atom is -0.490 e. The summed E-state index contributed by atoms with van der Waals surface area (Å²) in [7, 11) is 0. The fourth-order valence-corrected chi connectivity index (χ4v) is 2.60. The van der Waals surface area contributed by atoms with E-state index in [1.165, 1.54) is 5.56 Å². The molecule has 2 aromatic carbocycles. The zero-order valence-electron chi connectivity index (χ0n) is 15.2. The number of aryl methyl sites for hydroxylation is 1. The van der Waals surface area contributed by atoms with Gasteiger partial charge in [-0.15, -0.1) is 0 Å². The first kappa shape index (κ1) is 18.8. The number of carbonyl (C=O) groups excluding carboxylic acids is 1. The smallest absolute Gasteiger partial charge is 0.251 e. The zero-order chi connectivity index (χ0) is 18.1. The van der Waals surface area contributed by atoms with E-state index in [1.807, 2.05) is 39.0 Å². The normalized spacial score (nSPS) is 11.6. The van der Waals surface area contributed by atoms with Gasteiger partial charge in [0.2, 0.25) is 0 Å². The van der Waals surface area contributed by atoms with Crippen LogP contribution in [0.4, 0.5) is 0 Å². The Morgan fingerprint density at radius 2 is 1.68 bits per heavy atom. The Hall–Kier alpha value is -2.49. The van der Waals surface area contributed by atoms with Crippen molar-refractivity contribution >= 4 is 5.91 Å². The summed E-state index contributed by atoms with van der Waals surface area (Å²) in [5.74, 6) is 1.18. The van der Waals surface area contributed by atoms with Crippen LogP contribution in [0.25, 0.3) is 0 Å². The summed E-state index contributed by atoms with van der Waals surface area (Å²) >= 11 is 0. The third kappa shape index (κ3) is 5.82. The molecule has 2 aromatic rings. The highest BCUT2D eigenvalue weighted by atomic mass is 16.5. The summed E-state index contributed by atoms with van der Waals surface area (Å²) in [6, 6.07) is 15.7. The molecule has 0 unspecified atom stereocenters. The van der Waals surface area contributed by atoms with E-state index in [4.69, 9.17) is 9.47 Å². The highest BCUT2D eigenvalue weighted by molar-refractivity contribution is 5.95. The van der Waals surface area contributed by atoms with Gasteiger partial charge in [0.15, 0.2) is 11.5 Å². The van der Waals surface area contributed by atoms with Gasteiger partial charge in [0, 0.05) is 11.6 Å². The maximum atomic E-state index is 12.5. The van der Waals surface area contributed by atoms with Crippen molar-refractivity contribution in [1.29, 1.82) is 0 Å². The molecule has 0 aliphatic carbocycles. The van der Waals surface area contributed by atoms with Gasteiger partial charge in [-0.1, -0.05) is 30.3 Å². The molecule has 0 heterocycles. The van der Waals surface area contributed by atoms with Crippen LogP contribution in [0.2, 0.25) is 0 Å². The van der Waals surface area contributed by atoms with Gasteiger partial charge < -0.3 is 14.8 Å². The lowest BCUT2D eigenvalue weighted by Gasteiger charge is -2.16. The Kier molecular flexibility index (Phi) is 7.33. The van der Waals surface area contributed by atoms with E-state index in [9.17, 15) is 4.79 Å². The molecule has 0 aliphatic heterocycles. The summed E-state index contributed by atoms with van der Waals surface area (Å²) in [5.41, 5.74) is 1.86. The summed E-state index contributed by atoms with van der Waals surface area (Å²) in [6.45, 7) is 6.94. The number of amides is 1. The molecule has 1 amide bonds. The molecule has 0 saturated carbocycles. The van der Waals surface area contributed by atoms with E-state index < -0.39 is 0 Å². The average molecular weight is 341 g/mol. The second kappa shape index (κ2) is 9.72. The minimum atomic E-state index is -0.0930. The standard InChI is InChI=1S/C21H27NO3/c1-4-24-19-14-13-18(15-20(19)25-5-2)21(23)22-16(3)11-12-17-9-7-6-8-10-17/h6-10,13-16H,4-5,11-12H2,1-3H3,(H,22,23)/t16-/m1/s1. The highest BCUT2D eigenvalue weighted by Gasteiger charge is 2.13. The molecule has 4 nitrogen and oxygen atoms in total. The van der Waals surface area contributed by atoms with E-state index in [0.29, 0.717) is 30.3 Å². The molecule has 0 fully saturated rings. The van der Waals surface area contributed by atoms with E-state index in [0.717, 1.165) is 12.8 Å². The largest absolute Gasteiger partial charge is 0.490 e. The lowest BCUT2D eigenvalue weighted by Crippen LogP contribution is -2.32. The van der Waals surface area contributed by atoms with Crippen LogP contribution in [0.3, 0.4) is 0 Å². The number of hydrogen-bond donors (Lipinski definition) is 1. The average Bonchev–Trinajstić information content (AvgIpc) is 2.62. The Morgan fingerprint density at radius 1 is 1.00 bits per heavy atom. The van der Waals surface area contributed by atoms with Crippen molar-refractivity contribution in [3.8, 4) is 11.5 Å². The molecule has 0 saturated heterocycles. The fourth-order valence-electron chi connectivity index (χ4n) is 2.60. The summed E-state index contributed by atoms with van der Waals surface area (Å²) < 4.78 is 11.1. The maximum Gasteiger partial charge on any atom is 0.251 e. The second-order valence-electron chi connectivity index (χ2n) is 5.93. The Balaban J connectivity index is 1.96. The number of benzene rings is 2. The number of nitrogens with one attached hydrogen (secondary N) is 1. The monoisotopic (exact) mass is 341 g/mol. The number of carbonyl (C=O) groups is 1. The Labute approximate surface area is 150 Å². The molecule has 25 heavy (non-hydrogen) atoms. The van der Waals surface area contributed by atoms with Crippen molar-refractivity contribution in [2.75, 3.05) is 13.2 Å². The molecule has 1 atom stereocenters. The quantitative estimate of drug-likeness (QED) is 0.742. The lowest BCUT2D eigenvalue weighted by atomic mass is 10.1. The predicted octanol–water partition coefficient (Wildman–Crippen LogP) is 4.24. The van der Waals surface area contributed by atoms with Gasteiger partial charge in [-0.2, -0.15) is 0 Å². The number of ether oxygens (including phenoxy) is 2. The van der Waals surface area contributed by atoms with E-state index in [1.54, 1.807) is 18.2 Å². The van der Waals surface area contributed by atoms with Crippen LogP contribution in [0, 0.1) is 0 Å². The molecule has 0 bridgehead atoms. The lowest BCUT2D eigenvalue weighted by molar-refractivity contribution is 0.0938. The number of rotatable bonds is 9. The fraction of sp³-hybridized carbons (Fsp3) is 0.381. The summed E-state index contributed by atoms with van der Waals surface area (Å²) in [6.07, 6.45) is 1.83. The van der Waals surface area contributed by atoms with Crippen molar-refractivity contribution < 1.29 is 14.3 Å². The second-order valence-corrected chi connectivity index (χ2v) is 5.93. The molecule has 0 aromatic heterocycles. The van der Waals surface area contributed by atoms with Gasteiger partial charge in [0.25, 0.3) is 5.91 Å². The topological polar surface area (TPSA) is 47.6 Å². The van der Waals surface area contributed by atoms with Crippen molar-refractivity contribution in [2.45, 2.75) is 39.7 Å². The SMILES string of the molecule is CCOc1ccc(C(=O)N[C@H](C)CCc2ccccc2)cc1OCC. The van der Waals surface area contributed by atoms with E-state index in [-0.39, 0.29) is 11.9 Å². The molecular weight excluding hydrogens is 314 g/mol. The highest BCUT2D eigenvalue weighted by Crippen LogP contribution is 2.28. The first-order chi connectivity index (χ1) is 12.1.